The van der Waals surface area contributed by atoms with Gasteiger partial charge in [-0.2, -0.15) is 0 Å². The standard InChI is InChI=1S/C14H20FN3O3/c1-4-17-14(20)18-13(19)9(3)21-12-6-5-10(8(2)16)7-11(12)15/h5-9H,4,16H2,1-3H3,(H2,17,18,19,20). The van der Waals surface area contributed by atoms with Crippen LogP contribution in [0.25, 0.3) is 0 Å². The van der Waals surface area contributed by atoms with Crippen LogP contribution in [0.1, 0.15) is 32.4 Å². The van der Waals surface area contributed by atoms with Crippen molar-refractivity contribution in [1.29, 1.82) is 0 Å². The van der Waals surface area contributed by atoms with Gasteiger partial charge < -0.3 is 15.8 Å². The molecule has 116 valence electrons. The van der Waals surface area contributed by atoms with Crippen molar-refractivity contribution in [2.75, 3.05) is 6.54 Å². The van der Waals surface area contributed by atoms with E-state index in [0.717, 1.165) is 0 Å². The molecular formula is C14H20FN3O3. The molecule has 0 fully saturated rings. The maximum atomic E-state index is 13.8. The average molecular weight is 297 g/mol. The summed E-state index contributed by atoms with van der Waals surface area (Å²) in [4.78, 5) is 22.9. The molecule has 0 aliphatic carbocycles. The second kappa shape index (κ2) is 7.58. The van der Waals surface area contributed by atoms with Crippen LogP contribution in [0, 0.1) is 5.82 Å². The monoisotopic (exact) mass is 297 g/mol. The molecule has 3 amide bonds. The van der Waals surface area contributed by atoms with Gasteiger partial charge in [-0.15, -0.1) is 0 Å². The maximum absolute atomic E-state index is 13.8. The SMILES string of the molecule is CCNC(=O)NC(=O)C(C)Oc1ccc(C(C)N)cc1F. The molecule has 0 bridgehead atoms. The number of ether oxygens (including phenoxy) is 1. The van der Waals surface area contributed by atoms with Gasteiger partial charge in [0.15, 0.2) is 17.7 Å². The number of amides is 3. The number of imide groups is 1. The van der Waals surface area contributed by atoms with Crippen molar-refractivity contribution in [2.45, 2.75) is 32.9 Å². The first-order valence-electron chi connectivity index (χ1n) is 6.65. The number of carbonyl (C=O) groups is 2. The Balaban J connectivity index is 2.68. The van der Waals surface area contributed by atoms with Crippen molar-refractivity contribution in [1.82, 2.24) is 10.6 Å². The van der Waals surface area contributed by atoms with Crippen molar-refractivity contribution in [3.8, 4) is 5.75 Å². The van der Waals surface area contributed by atoms with Gasteiger partial charge in [-0.25, -0.2) is 9.18 Å². The molecule has 21 heavy (non-hydrogen) atoms. The number of nitrogens with two attached hydrogens (primary N) is 1. The van der Waals surface area contributed by atoms with E-state index in [2.05, 4.69) is 10.6 Å². The molecule has 7 heteroatoms. The van der Waals surface area contributed by atoms with Gasteiger partial charge in [0.05, 0.1) is 0 Å². The molecule has 0 spiro atoms. The Morgan fingerprint density at radius 2 is 2.05 bits per heavy atom. The molecule has 2 atom stereocenters. The van der Waals surface area contributed by atoms with Gasteiger partial charge in [0.25, 0.3) is 5.91 Å². The minimum atomic E-state index is -1.01. The molecule has 6 nitrogen and oxygen atoms in total. The topological polar surface area (TPSA) is 93.5 Å². The Hall–Kier alpha value is -2.15. The molecule has 4 N–H and O–H groups in total. The molecule has 0 saturated carbocycles. The lowest BCUT2D eigenvalue weighted by molar-refractivity contribution is -0.126. The molecule has 0 aliphatic heterocycles. The Morgan fingerprint density at radius 3 is 2.57 bits per heavy atom. The highest BCUT2D eigenvalue weighted by Gasteiger charge is 2.19. The molecule has 1 rings (SSSR count). The van der Waals surface area contributed by atoms with Crippen molar-refractivity contribution < 1.29 is 18.7 Å². The van der Waals surface area contributed by atoms with E-state index in [9.17, 15) is 14.0 Å². The zero-order valence-electron chi connectivity index (χ0n) is 12.3. The highest BCUT2D eigenvalue weighted by Crippen LogP contribution is 2.22. The van der Waals surface area contributed by atoms with Crippen LogP contribution in [0.2, 0.25) is 0 Å². The number of nitrogens with one attached hydrogen (secondary N) is 2. The van der Waals surface area contributed by atoms with Gasteiger partial charge in [0.1, 0.15) is 0 Å². The predicted octanol–water partition coefficient (Wildman–Crippen LogP) is 1.46. The van der Waals surface area contributed by atoms with Crippen LogP contribution < -0.4 is 21.1 Å². The largest absolute Gasteiger partial charge is 0.478 e. The Labute approximate surface area is 122 Å². The number of rotatable bonds is 5. The number of hydrogen-bond donors (Lipinski definition) is 3. The van der Waals surface area contributed by atoms with Crippen LogP contribution in [0.15, 0.2) is 18.2 Å². The average Bonchev–Trinajstić information content (AvgIpc) is 2.40. The third-order valence-corrected chi connectivity index (χ3v) is 2.73. The highest BCUT2D eigenvalue weighted by molar-refractivity contribution is 5.96. The summed E-state index contributed by atoms with van der Waals surface area (Å²) in [6.45, 7) is 5.27. The predicted molar refractivity (Wildman–Crippen MR) is 76.3 cm³/mol. The fourth-order valence-electron chi connectivity index (χ4n) is 1.56. The lowest BCUT2D eigenvalue weighted by Crippen LogP contribution is -2.45. The summed E-state index contributed by atoms with van der Waals surface area (Å²) >= 11 is 0. The smallest absolute Gasteiger partial charge is 0.321 e. The van der Waals surface area contributed by atoms with Gasteiger partial charge in [0.2, 0.25) is 0 Å². The zero-order valence-corrected chi connectivity index (χ0v) is 12.3. The minimum absolute atomic E-state index is 0.0713. The van der Waals surface area contributed by atoms with E-state index in [1.54, 1.807) is 19.9 Å². The first-order valence-corrected chi connectivity index (χ1v) is 6.65. The maximum Gasteiger partial charge on any atom is 0.321 e. The van der Waals surface area contributed by atoms with Gasteiger partial charge >= 0.3 is 6.03 Å². The van der Waals surface area contributed by atoms with Crippen LogP contribution in [0.5, 0.6) is 5.75 Å². The Kier molecular flexibility index (Phi) is 6.10. The van der Waals surface area contributed by atoms with Crippen LogP contribution in [-0.4, -0.2) is 24.6 Å². The van der Waals surface area contributed by atoms with Gasteiger partial charge in [-0.3, -0.25) is 10.1 Å². The van der Waals surface area contributed by atoms with E-state index in [0.29, 0.717) is 12.1 Å². The van der Waals surface area contributed by atoms with E-state index < -0.39 is 23.9 Å². The van der Waals surface area contributed by atoms with E-state index in [4.69, 9.17) is 10.5 Å². The third-order valence-electron chi connectivity index (χ3n) is 2.73. The summed E-state index contributed by atoms with van der Waals surface area (Å²) in [7, 11) is 0. The summed E-state index contributed by atoms with van der Waals surface area (Å²) in [5.74, 6) is -1.34. The number of halogens is 1. The molecular weight excluding hydrogens is 277 g/mol. The summed E-state index contributed by atoms with van der Waals surface area (Å²) < 4.78 is 19.0. The fourth-order valence-corrected chi connectivity index (χ4v) is 1.56. The Bertz CT molecular complexity index is 520. The number of benzene rings is 1. The molecule has 1 aromatic rings. The highest BCUT2D eigenvalue weighted by atomic mass is 19.1. The van der Waals surface area contributed by atoms with E-state index in [1.807, 2.05) is 0 Å². The molecule has 0 heterocycles. The summed E-state index contributed by atoms with van der Waals surface area (Å²) in [6, 6.07) is 3.37. The molecule has 0 aliphatic rings. The van der Waals surface area contributed by atoms with Crippen LogP contribution >= 0.6 is 0 Å². The second-order valence-electron chi connectivity index (χ2n) is 4.59. The van der Waals surface area contributed by atoms with Crippen molar-refractivity contribution >= 4 is 11.9 Å². The zero-order chi connectivity index (χ0) is 16.0. The normalized spacial score (nSPS) is 13.2. The second-order valence-corrected chi connectivity index (χ2v) is 4.59. The van der Waals surface area contributed by atoms with E-state index in [-0.39, 0.29) is 11.8 Å². The number of urea groups is 1. The summed E-state index contributed by atoms with van der Waals surface area (Å²) in [5, 5.41) is 4.51. The lowest BCUT2D eigenvalue weighted by atomic mass is 10.1. The molecule has 1 aromatic carbocycles. The minimum Gasteiger partial charge on any atom is -0.478 e. The van der Waals surface area contributed by atoms with Gasteiger partial charge in [-0.1, -0.05) is 6.07 Å². The third kappa shape index (κ3) is 5.03. The lowest BCUT2D eigenvalue weighted by Gasteiger charge is -2.15. The summed E-state index contributed by atoms with van der Waals surface area (Å²) in [6.07, 6.45) is -1.01. The van der Waals surface area contributed by atoms with Gasteiger partial charge in [0, 0.05) is 12.6 Å². The molecule has 0 radical (unpaired) electrons. The van der Waals surface area contributed by atoms with Gasteiger partial charge in [-0.05, 0) is 38.5 Å². The fraction of sp³-hybridized carbons (Fsp3) is 0.429. The molecule has 0 aromatic heterocycles. The van der Waals surface area contributed by atoms with Crippen molar-refractivity contribution in [3.05, 3.63) is 29.6 Å². The first kappa shape index (κ1) is 16.9. The molecule has 2 unspecified atom stereocenters. The van der Waals surface area contributed by atoms with Crippen LogP contribution in [-0.2, 0) is 4.79 Å². The van der Waals surface area contributed by atoms with E-state index >= 15 is 0 Å². The van der Waals surface area contributed by atoms with Crippen molar-refractivity contribution in [2.24, 2.45) is 5.73 Å². The Morgan fingerprint density at radius 1 is 1.38 bits per heavy atom. The van der Waals surface area contributed by atoms with Crippen LogP contribution in [0.3, 0.4) is 0 Å². The first-order chi connectivity index (χ1) is 9.85. The number of carbonyl (C=O) groups excluding carboxylic acids is 2. The molecule has 0 saturated heterocycles. The van der Waals surface area contributed by atoms with Crippen molar-refractivity contribution in [3.63, 3.8) is 0 Å². The quantitative estimate of drug-likeness (QED) is 0.767. The number of hydrogen-bond acceptors (Lipinski definition) is 4. The van der Waals surface area contributed by atoms with E-state index in [1.165, 1.54) is 19.1 Å². The summed E-state index contributed by atoms with van der Waals surface area (Å²) in [5.41, 5.74) is 6.27. The van der Waals surface area contributed by atoms with Crippen LogP contribution in [0.4, 0.5) is 9.18 Å².